The number of hydrogen-bond donors (Lipinski definition) is 0. The molecule has 1 saturated heterocycles. The quantitative estimate of drug-likeness (QED) is 0.755. The molecule has 0 nitrogen and oxygen atoms in total. The maximum absolute atomic E-state index is 14.1. The second kappa shape index (κ2) is 5.70. The Morgan fingerprint density at radius 1 is 1.11 bits per heavy atom. The predicted octanol–water partition coefficient (Wildman–Crippen LogP) is 4.90. The summed E-state index contributed by atoms with van der Waals surface area (Å²) in [6.07, 6.45) is 3.63. The fraction of sp³-hybridized carbons (Fsp3) is 0.467. The van der Waals surface area contributed by atoms with Crippen LogP contribution in [0.4, 0.5) is 4.39 Å². The number of rotatable bonds is 2. The molecule has 0 radical (unpaired) electrons. The molecule has 3 heteroatoms. The van der Waals surface area contributed by atoms with Gasteiger partial charge in [0.25, 0.3) is 0 Å². The molecule has 2 aliphatic rings. The SMILES string of the molecule is FC1=C(CC2SCCCS2)c2ccccc2CC1. The normalized spacial score (nSPS) is 20.9. The lowest BCUT2D eigenvalue weighted by atomic mass is 9.89. The van der Waals surface area contributed by atoms with Crippen molar-refractivity contribution in [2.24, 2.45) is 0 Å². The van der Waals surface area contributed by atoms with E-state index in [1.165, 1.54) is 23.5 Å². The molecule has 0 unspecified atom stereocenters. The van der Waals surface area contributed by atoms with Gasteiger partial charge in [-0.1, -0.05) is 24.3 Å². The molecule has 1 fully saturated rings. The molecule has 0 saturated carbocycles. The monoisotopic (exact) mass is 280 g/mol. The number of benzene rings is 1. The first kappa shape index (κ1) is 12.6. The molecule has 0 atom stereocenters. The van der Waals surface area contributed by atoms with E-state index in [1.54, 1.807) is 0 Å². The van der Waals surface area contributed by atoms with Crippen LogP contribution < -0.4 is 0 Å². The Balaban J connectivity index is 1.84. The van der Waals surface area contributed by atoms with Gasteiger partial charge >= 0.3 is 0 Å². The van der Waals surface area contributed by atoms with Gasteiger partial charge in [-0.2, -0.15) is 0 Å². The van der Waals surface area contributed by atoms with Gasteiger partial charge in [-0.15, -0.1) is 23.5 Å². The van der Waals surface area contributed by atoms with E-state index in [4.69, 9.17) is 0 Å². The van der Waals surface area contributed by atoms with E-state index in [0.29, 0.717) is 11.0 Å². The maximum atomic E-state index is 14.1. The standard InChI is InChI=1S/C15H17FS2/c16-14-7-6-11-4-1-2-5-12(11)13(14)10-15-17-8-3-9-18-15/h1-2,4-5,15H,3,6-10H2. The topological polar surface area (TPSA) is 0 Å². The van der Waals surface area contributed by atoms with Crippen LogP contribution >= 0.6 is 23.5 Å². The van der Waals surface area contributed by atoms with Gasteiger partial charge in [-0.05, 0) is 47.5 Å². The summed E-state index contributed by atoms with van der Waals surface area (Å²) >= 11 is 3.99. The second-order valence-electron chi connectivity index (χ2n) is 4.77. The van der Waals surface area contributed by atoms with Gasteiger partial charge in [0.15, 0.2) is 0 Å². The van der Waals surface area contributed by atoms with E-state index in [1.807, 2.05) is 29.6 Å². The molecular weight excluding hydrogens is 263 g/mol. The molecule has 1 aliphatic carbocycles. The van der Waals surface area contributed by atoms with Crippen molar-refractivity contribution in [3.05, 3.63) is 41.2 Å². The highest BCUT2D eigenvalue weighted by atomic mass is 32.2. The third kappa shape index (κ3) is 2.62. The molecule has 0 spiro atoms. The van der Waals surface area contributed by atoms with Crippen molar-refractivity contribution in [1.82, 2.24) is 0 Å². The average Bonchev–Trinajstić information content (AvgIpc) is 2.43. The van der Waals surface area contributed by atoms with Crippen LogP contribution in [0.1, 0.15) is 30.4 Å². The lowest BCUT2D eigenvalue weighted by Gasteiger charge is -2.25. The molecule has 1 heterocycles. The first-order valence-electron chi connectivity index (χ1n) is 6.53. The number of thioether (sulfide) groups is 2. The van der Waals surface area contributed by atoms with Gasteiger partial charge in [-0.25, -0.2) is 4.39 Å². The predicted molar refractivity (Wildman–Crippen MR) is 80.7 cm³/mol. The summed E-state index contributed by atoms with van der Waals surface area (Å²) in [6.45, 7) is 0. The number of fused-ring (bicyclic) bond motifs is 1. The van der Waals surface area contributed by atoms with Crippen LogP contribution in [0.3, 0.4) is 0 Å². The van der Waals surface area contributed by atoms with Crippen LogP contribution in [0.5, 0.6) is 0 Å². The Morgan fingerprint density at radius 3 is 2.72 bits per heavy atom. The number of hydrogen-bond acceptors (Lipinski definition) is 2. The zero-order valence-corrected chi connectivity index (χ0v) is 12.0. The second-order valence-corrected chi connectivity index (χ2v) is 7.69. The summed E-state index contributed by atoms with van der Waals surface area (Å²) < 4.78 is 14.7. The first-order chi connectivity index (χ1) is 8.84. The fourth-order valence-corrected chi connectivity index (χ4v) is 5.48. The van der Waals surface area contributed by atoms with Gasteiger partial charge in [0.05, 0.1) is 4.58 Å². The summed E-state index contributed by atoms with van der Waals surface area (Å²) in [6, 6.07) is 8.31. The minimum atomic E-state index is 0.125. The highest BCUT2D eigenvalue weighted by Crippen LogP contribution is 2.41. The van der Waals surface area contributed by atoms with Crippen molar-refractivity contribution in [3.8, 4) is 0 Å². The Morgan fingerprint density at radius 2 is 1.89 bits per heavy atom. The Kier molecular flexibility index (Phi) is 4.00. The largest absolute Gasteiger partial charge is 0.211 e. The number of halogens is 1. The van der Waals surface area contributed by atoms with Gasteiger partial charge in [-0.3, -0.25) is 0 Å². The molecule has 18 heavy (non-hydrogen) atoms. The van der Waals surface area contributed by atoms with E-state index >= 15 is 0 Å². The first-order valence-corrected chi connectivity index (χ1v) is 8.63. The van der Waals surface area contributed by atoms with Crippen molar-refractivity contribution < 1.29 is 4.39 Å². The molecule has 96 valence electrons. The van der Waals surface area contributed by atoms with E-state index in [2.05, 4.69) is 18.2 Å². The number of aryl methyl sites for hydroxylation is 1. The molecule has 0 amide bonds. The molecule has 1 aromatic carbocycles. The maximum Gasteiger partial charge on any atom is 0.104 e. The third-order valence-electron chi connectivity index (χ3n) is 3.55. The van der Waals surface area contributed by atoms with Gasteiger partial charge in [0.2, 0.25) is 0 Å². The number of allylic oxidation sites excluding steroid dienone is 2. The van der Waals surface area contributed by atoms with Crippen molar-refractivity contribution >= 4 is 29.1 Å². The van der Waals surface area contributed by atoms with Crippen LogP contribution in [-0.2, 0) is 6.42 Å². The van der Waals surface area contributed by atoms with Gasteiger partial charge in [0, 0.05) is 6.42 Å². The molecule has 1 aliphatic heterocycles. The highest BCUT2D eigenvalue weighted by molar-refractivity contribution is 8.17. The average molecular weight is 280 g/mol. The summed E-state index contributed by atoms with van der Waals surface area (Å²) in [7, 11) is 0. The van der Waals surface area contributed by atoms with Gasteiger partial charge < -0.3 is 0 Å². The van der Waals surface area contributed by atoms with Crippen molar-refractivity contribution in [3.63, 3.8) is 0 Å². The molecule has 0 bridgehead atoms. The summed E-state index contributed by atoms with van der Waals surface area (Å²) in [4.78, 5) is 0. The Labute approximate surface area is 116 Å². The Bertz CT molecular complexity index is 461. The van der Waals surface area contributed by atoms with Crippen LogP contribution in [0.15, 0.2) is 30.1 Å². The van der Waals surface area contributed by atoms with Crippen LogP contribution in [0.2, 0.25) is 0 Å². The molecular formula is C15H17FS2. The van der Waals surface area contributed by atoms with E-state index in [9.17, 15) is 4.39 Å². The van der Waals surface area contributed by atoms with Crippen LogP contribution in [0.25, 0.3) is 5.57 Å². The Hall–Kier alpha value is -0.410. The van der Waals surface area contributed by atoms with E-state index < -0.39 is 0 Å². The minimum absolute atomic E-state index is 0.125. The van der Waals surface area contributed by atoms with Crippen molar-refractivity contribution in [2.75, 3.05) is 11.5 Å². The molecule has 0 aromatic heterocycles. The lowest BCUT2D eigenvalue weighted by molar-refractivity contribution is 0.582. The minimum Gasteiger partial charge on any atom is -0.211 e. The van der Waals surface area contributed by atoms with Crippen LogP contribution in [-0.4, -0.2) is 16.1 Å². The zero-order valence-electron chi connectivity index (χ0n) is 10.3. The van der Waals surface area contributed by atoms with Gasteiger partial charge in [0.1, 0.15) is 5.83 Å². The summed E-state index contributed by atoms with van der Waals surface area (Å²) in [5, 5.41) is 0. The smallest absolute Gasteiger partial charge is 0.104 e. The lowest BCUT2D eigenvalue weighted by Crippen LogP contribution is -2.11. The molecule has 0 N–H and O–H groups in total. The zero-order chi connectivity index (χ0) is 12.4. The van der Waals surface area contributed by atoms with Crippen molar-refractivity contribution in [2.45, 2.75) is 30.3 Å². The summed E-state index contributed by atoms with van der Waals surface area (Å²) in [5.41, 5.74) is 3.46. The summed E-state index contributed by atoms with van der Waals surface area (Å²) in [5.74, 6) is 2.59. The fourth-order valence-electron chi connectivity index (χ4n) is 2.62. The molecule has 3 rings (SSSR count). The molecule has 1 aromatic rings. The van der Waals surface area contributed by atoms with Crippen molar-refractivity contribution in [1.29, 1.82) is 0 Å². The highest BCUT2D eigenvalue weighted by Gasteiger charge is 2.23. The third-order valence-corrected chi connectivity index (χ3v) is 6.49. The van der Waals surface area contributed by atoms with E-state index in [0.717, 1.165) is 24.0 Å². The van der Waals surface area contributed by atoms with E-state index in [-0.39, 0.29) is 5.83 Å². The van der Waals surface area contributed by atoms with Crippen LogP contribution in [0, 0.1) is 0 Å².